The van der Waals surface area contributed by atoms with Gasteiger partial charge in [0.15, 0.2) is 23.2 Å². The first-order valence-corrected chi connectivity index (χ1v) is 8.91. The molecule has 0 fully saturated rings. The number of guanidine groups is 1. The Bertz CT molecular complexity index is 1050. The summed E-state index contributed by atoms with van der Waals surface area (Å²) in [4.78, 5) is 28.5. The molecular weight excluding hydrogens is 408 g/mol. The van der Waals surface area contributed by atoms with Crippen molar-refractivity contribution in [2.75, 3.05) is 19.4 Å². The van der Waals surface area contributed by atoms with Gasteiger partial charge in [-0.25, -0.2) is 8.78 Å². The van der Waals surface area contributed by atoms with Crippen LogP contribution in [0.1, 0.15) is 15.9 Å². The van der Waals surface area contributed by atoms with E-state index in [-0.39, 0.29) is 18.0 Å². The Kier molecular flexibility index (Phi) is 7.50. The molecule has 9 nitrogen and oxygen atoms in total. The van der Waals surface area contributed by atoms with Crippen LogP contribution in [0, 0.1) is 22.5 Å². The number of aliphatic imine (C=N–C) groups is 1. The largest absolute Gasteiger partial charge is 0.364 e. The molecule has 31 heavy (non-hydrogen) atoms. The van der Waals surface area contributed by atoms with Crippen LogP contribution in [0.25, 0.3) is 0 Å². The van der Waals surface area contributed by atoms with Crippen LogP contribution < -0.4 is 16.4 Å². The lowest BCUT2D eigenvalue weighted by atomic mass is 10.2. The smallest absolute Gasteiger partial charge is 0.270 e. The third kappa shape index (κ3) is 6.16. The predicted molar refractivity (Wildman–Crippen MR) is 113 cm³/mol. The summed E-state index contributed by atoms with van der Waals surface area (Å²) in [6, 6.07) is 9.79. The SMILES string of the molecule is CN(C)C(=O)c1ccc(NC(=N)/N=C(/NCc2cccc(F)c2F)C(=N)C(N)=O)cc1. The number of nitrogens with zero attached hydrogens (tertiary/aromatic N) is 2. The fraction of sp³-hybridized carbons (Fsp3) is 0.150. The van der Waals surface area contributed by atoms with E-state index in [2.05, 4.69) is 15.6 Å². The number of primary amides is 1. The summed E-state index contributed by atoms with van der Waals surface area (Å²) in [5, 5.41) is 20.9. The Morgan fingerprint density at radius 1 is 1.10 bits per heavy atom. The molecule has 2 amide bonds. The average Bonchev–Trinajstić information content (AvgIpc) is 2.73. The second-order valence-electron chi connectivity index (χ2n) is 6.52. The van der Waals surface area contributed by atoms with Crippen molar-refractivity contribution < 1.29 is 18.4 Å². The van der Waals surface area contributed by atoms with E-state index < -0.39 is 35.0 Å². The number of hydrogen-bond donors (Lipinski definition) is 5. The van der Waals surface area contributed by atoms with E-state index in [1.54, 1.807) is 38.4 Å². The Morgan fingerprint density at radius 2 is 1.74 bits per heavy atom. The number of halogens is 2. The zero-order chi connectivity index (χ0) is 23.1. The number of hydrogen-bond acceptors (Lipinski definition) is 4. The van der Waals surface area contributed by atoms with Gasteiger partial charge in [-0.1, -0.05) is 12.1 Å². The predicted octanol–water partition coefficient (Wildman–Crippen LogP) is 1.71. The van der Waals surface area contributed by atoms with Gasteiger partial charge in [0, 0.05) is 37.5 Å². The quantitative estimate of drug-likeness (QED) is 0.351. The number of nitrogens with two attached hydrogens (primary N) is 1. The summed E-state index contributed by atoms with van der Waals surface area (Å²) in [6.45, 7) is -0.299. The molecule has 0 saturated carbocycles. The number of nitrogens with one attached hydrogen (secondary N) is 4. The van der Waals surface area contributed by atoms with Crippen LogP contribution in [0.5, 0.6) is 0 Å². The molecule has 6 N–H and O–H groups in total. The lowest BCUT2D eigenvalue weighted by molar-refractivity contribution is -0.111. The van der Waals surface area contributed by atoms with Gasteiger partial charge in [-0.15, -0.1) is 0 Å². The van der Waals surface area contributed by atoms with Crippen molar-refractivity contribution in [2.24, 2.45) is 10.7 Å². The van der Waals surface area contributed by atoms with Crippen molar-refractivity contribution in [1.29, 1.82) is 10.8 Å². The van der Waals surface area contributed by atoms with Crippen LogP contribution in [0.15, 0.2) is 47.5 Å². The molecule has 0 aliphatic carbocycles. The molecule has 2 aromatic carbocycles. The molecule has 0 radical (unpaired) electrons. The van der Waals surface area contributed by atoms with Gasteiger partial charge in [0.05, 0.1) is 0 Å². The fourth-order valence-corrected chi connectivity index (χ4v) is 2.40. The molecule has 0 aromatic heterocycles. The van der Waals surface area contributed by atoms with Gasteiger partial charge in [0.1, 0.15) is 0 Å². The fourth-order valence-electron chi connectivity index (χ4n) is 2.40. The highest BCUT2D eigenvalue weighted by Gasteiger charge is 2.16. The minimum absolute atomic E-state index is 0.0643. The number of carbonyl (C=O) groups excluding carboxylic acids is 2. The van der Waals surface area contributed by atoms with Crippen molar-refractivity contribution in [3.05, 3.63) is 65.2 Å². The Balaban J connectivity index is 2.16. The summed E-state index contributed by atoms with van der Waals surface area (Å²) >= 11 is 0. The number of amidine groups is 1. The Hall–Kier alpha value is -4.15. The van der Waals surface area contributed by atoms with E-state index in [1.165, 1.54) is 17.0 Å². The molecule has 162 valence electrons. The normalized spacial score (nSPS) is 10.9. The molecule has 0 saturated heterocycles. The van der Waals surface area contributed by atoms with Crippen LogP contribution >= 0.6 is 0 Å². The first-order chi connectivity index (χ1) is 14.6. The summed E-state index contributed by atoms with van der Waals surface area (Å²) in [6.07, 6.45) is 0. The van der Waals surface area contributed by atoms with Crippen molar-refractivity contribution in [1.82, 2.24) is 10.2 Å². The maximum Gasteiger partial charge on any atom is 0.270 e. The minimum Gasteiger partial charge on any atom is -0.364 e. The number of amides is 2. The first-order valence-electron chi connectivity index (χ1n) is 8.91. The summed E-state index contributed by atoms with van der Waals surface area (Å²) < 4.78 is 27.2. The molecule has 0 unspecified atom stereocenters. The highest BCUT2D eigenvalue weighted by atomic mass is 19.2. The van der Waals surface area contributed by atoms with Crippen LogP contribution in [0.3, 0.4) is 0 Å². The molecular formula is C20H21F2N7O2. The Labute approximate surface area is 177 Å². The van der Waals surface area contributed by atoms with Crippen molar-refractivity contribution in [3.8, 4) is 0 Å². The van der Waals surface area contributed by atoms with E-state index in [0.29, 0.717) is 11.3 Å². The molecule has 0 aliphatic heterocycles. The average molecular weight is 429 g/mol. The zero-order valence-corrected chi connectivity index (χ0v) is 16.8. The van der Waals surface area contributed by atoms with Gasteiger partial charge in [-0.3, -0.25) is 20.4 Å². The molecule has 0 aliphatic rings. The maximum atomic E-state index is 13.8. The van der Waals surface area contributed by atoms with Crippen LogP contribution in [0.4, 0.5) is 14.5 Å². The minimum atomic E-state index is -1.12. The zero-order valence-electron chi connectivity index (χ0n) is 16.8. The second-order valence-corrected chi connectivity index (χ2v) is 6.52. The second kappa shape index (κ2) is 10.1. The highest BCUT2D eigenvalue weighted by molar-refractivity contribution is 6.65. The Morgan fingerprint density at radius 3 is 2.32 bits per heavy atom. The van der Waals surface area contributed by atoms with E-state index in [1.807, 2.05) is 0 Å². The molecule has 0 heterocycles. The van der Waals surface area contributed by atoms with Gasteiger partial charge in [0.2, 0.25) is 5.96 Å². The standard InChI is InChI=1S/C20H21F2N7O2/c1-29(2)19(31)11-6-8-13(9-7-11)27-20(25)28-18(16(23)17(24)30)26-10-12-4-3-5-14(21)15(12)22/h3-9,23H,10H2,1-2H3,(H2,24,30)(H3,25,26,27,28). The lowest BCUT2D eigenvalue weighted by Gasteiger charge is -2.12. The van der Waals surface area contributed by atoms with Gasteiger partial charge >= 0.3 is 0 Å². The summed E-state index contributed by atoms with van der Waals surface area (Å²) in [5.74, 6) is -4.29. The van der Waals surface area contributed by atoms with Gasteiger partial charge < -0.3 is 21.3 Å². The van der Waals surface area contributed by atoms with Crippen molar-refractivity contribution in [2.45, 2.75) is 6.54 Å². The van der Waals surface area contributed by atoms with E-state index >= 15 is 0 Å². The number of benzene rings is 2. The monoisotopic (exact) mass is 429 g/mol. The number of rotatable bonds is 6. The molecule has 0 bridgehead atoms. The maximum absolute atomic E-state index is 13.8. The van der Waals surface area contributed by atoms with E-state index in [4.69, 9.17) is 16.6 Å². The van der Waals surface area contributed by atoms with E-state index in [0.717, 1.165) is 6.07 Å². The van der Waals surface area contributed by atoms with Crippen LogP contribution in [0.2, 0.25) is 0 Å². The number of carbonyl (C=O) groups is 2. The lowest BCUT2D eigenvalue weighted by Crippen LogP contribution is -2.39. The first kappa shape index (κ1) is 23.1. The summed E-state index contributed by atoms with van der Waals surface area (Å²) in [7, 11) is 3.24. The van der Waals surface area contributed by atoms with E-state index in [9.17, 15) is 18.4 Å². The number of anilines is 1. The molecule has 11 heteroatoms. The van der Waals surface area contributed by atoms with Crippen molar-refractivity contribution in [3.63, 3.8) is 0 Å². The third-order valence-corrected chi connectivity index (χ3v) is 3.99. The van der Waals surface area contributed by atoms with Gasteiger partial charge in [-0.05, 0) is 30.3 Å². The molecule has 2 rings (SSSR count). The van der Waals surface area contributed by atoms with Gasteiger partial charge in [0.25, 0.3) is 11.8 Å². The molecule has 2 aromatic rings. The van der Waals surface area contributed by atoms with Crippen LogP contribution in [-0.4, -0.2) is 48.3 Å². The molecule has 0 spiro atoms. The van der Waals surface area contributed by atoms with Crippen molar-refractivity contribution >= 4 is 35.0 Å². The molecule has 0 atom stereocenters. The van der Waals surface area contributed by atoms with Crippen LogP contribution in [-0.2, 0) is 11.3 Å². The topological polar surface area (TPSA) is 148 Å². The summed E-state index contributed by atoms with van der Waals surface area (Å²) in [5.41, 5.74) is 5.17. The van der Waals surface area contributed by atoms with Gasteiger partial charge in [-0.2, -0.15) is 4.99 Å². The highest BCUT2D eigenvalue weighted by Crippen LogP contribution is 2.12. The third-order valence-electron chi connectivity index (χ3n) is 3.99.